The highest BCUT2D eigenvalue weighted by atomic mass is 16.6. The average Bonchev–Trinajstić information content (AvgIpc) is 3.73. The van der Waals surface area contributed by atoms with Crippen molar-refractivity contribution in [2.75, 3.05) is 20.3 Å². The number of ether oxygens (including phenoxy) is 2. The molecule has 0 spiro atoms. The lowest BCUT2D eigenvalue weighted by atomic mass is 9.75. The van der Waals surface area contributed by atoms with Crippen molar-refractivity contribution in [3.8, 4) is 17.2 Å². The van der Waals surface area contributed by atoms with Gasteiger partial charge in [0.1, 0.15) is 36.0 Å². The fourth-order valence-electron chi connectivity index (χ4n) is 8.95. The average molecular weight is 809 g/mol. The number of amides is 4. The van der Waals surface area contributed by atoms with Crippen molar-refractivity contribution in [3.63, 3.8) is 0 Å². The van der Waals surface area contributed by atoms with Gasteiger partial charge < -0.3 is 51.0 Å². The van der Waals surface area contributed by atoms with Gasteiger partial charge >= 0.3 is 6.03 Å². The number of nitrogens with one attached hydrogen (secondary N) is 2. The molecule has 17 nitrogen and oxygen atoms in total. The molecule has 17 heteroatoms. The maximum absolute atomic E-state index is 13.1. The number of nitrogens with two attached hydrogens (primary N) is 1. The fraction of sp³-hybridized carbons (Fsp3) is 0.561. The first-order valence-corrected chi connectivity index (χ1v) is 19.9. The fourth-order valence-corrected chi connectivity index (χ4v) is 8.95. The van der Waals surface area contributed by atoms with E-state index < -0.39 is 78.6 Å². The topological polar surface area (TPSA) is 275 Å². The molecule has 4 amide bonds. The highest BCUT2D eigenvalue weighted by Gasteiger charge is 2.42. The van der Waals surface area contributed by atoms with E-state index in [1.807, 2.05) is 0 Å². The Morgan fingerprint density at radius 3 is 2.33 bits per heavy atom. The van der Waals surface area contributed by atoms with E-state index >= 15 is 0 Å². The summed E-state index contributed by atoms with van der Waals surface area (Å²) in [5.74, 6) is -3.41. The summed E-state index contributed by atoms with van der Waals surface area (Å²) in [7, 11) is 1.38. The van der Waals surface area contributed by atoms with E-state index in [2.05, 4.69) is 10.6 Å². The van der Waals surface area contributed by atoms with Crippen LogP contribution in [-0.2, 0) is 32.0 Å². The number of rotatable bonds is 7. The molecule has 58 heavy (non-hydrogen) atoms. The number of phenolic OH excluding ortho intramolecular Hbond substituents is 2. The number of nitrogens with zero attached hydrogens (tertiary/aromatic N) is 1. The lowest BCUT2D eigenvalue weighted by Gasteiger charge is -2.37. The first-order chi connectivity index (χ1) is 27.7. The molecule has 7 atom stereocenters. The van der Waals surface area contributed by atoms with Gasteiger partial charge in [-0.25, -0.2) is 4.79 Å². The number of phenols is 2. The van der Waals surface area contributed by atoms with E-state index in [4.69, 9.17) is 20.3 Å². The van der Waals surface area contributed by atoms with Gasteiger partial charge in [-0.1, -0.05) is 31.4 Å². The van der Waals surface area contributed by atoms with Gasteiger partial charge in [0.15, 0.2) is 17.9 Å². The van der Waals surface area contributed by atoms with Crippen molar-refractivity contribution in [2.24, 2.45) is 17.6 Å². The first-order valence-electron chi connectivity index (χ1n) is 19.9. The second-order valence-electron chi connectivity index (χ2n) is 15.7. The summed E-state index contributed by atoms with van der Waals surface area (Å²) in [6.45, 7) is 1.36. The molecule has 2 aliphatic heterocycles. The number of benzene rings is 2. The van der Waals surface area contributed by atoms with Gasteiger partial charge in [-0.2, -0.15) is 0 Å². The van der Waals surface area contributed by atoms with Gasteiger partial charge in [-0.3, -0.25) is 29.3 Å². The molecule has 3 aliphatic carbocycles. The quantitative estimate of drug-likeness (QED) is 0.156. The molecule has 1 saturated carbocycles. The number of ketones is 3. The minimum atomic E-state index is -1.07. The van der Waals surface area contributed by atoms with Crippen LogP contribution in [0.4, 0.5) is 4.79 Å². The number of carbonyl (C=O) groups excluding carboxylic acids is 6. The molecule has 2 heterocycles. The van der Waals surface area contributed by atoms with Crippen LogP contribution in [0.2, 0.25) is 0 Å². The Hall–Kier alpha value is -4.94. The minimum absolute atomic E-state index is 0.0568. The predicted molar refractivity (Wildman–Crippen MR) is 204 cm³/mol. The monoisotopic (exact) mass is 808 g/mol. The summed E-state index contributed by atoms with van der Waals surface area (Å²) in [6, 6.07) is 1.81. The smallest absolute Gasteiger partial charge is 0.324 e. The van der Waals surface area contributed by atoms with Crippen LogP contribution in [0.3, 0.4) is 0 Å². The molecule has 7 unspecified atom stereocenters. The number of aliphatic hydroxyl groups excluding tert-OH is 3. The zero-order valence-corrected chi connectivity index (χ0v) is 32.6. The number of methoxy groups -OCH3 is 1. The summed E-state index contributed by atoms with van der Waals surface area (Å²) < 4.78 is 10.3. The molecule has 2 saturated heterocycles. The molecule has 0 bridgehead atoms. The van der Waals surface area contributed by atoms with Gasteiger partial charge in [0.2, 0.25) is 17.6 Å². The number of fused-ring (bicyclic) bond motifs is 3. The Labute approximate surface area is 334 Å². The van der Waals surface area contributed by atoms with E-state index in [-0.39, 0.29) is 76.0 Å². The van der Waals surface area contributed by atoms with Gasteiger partial charge in [-0.05, 0) is 63.9 Å². The van der Waals surface area contributed by atoms with Crippen molar-refractivity contribution in [1.82, 2.24) is 15.5 Å². The van der Waals surface area contributed by atoms with Crippen LogP contribution >= 0.6 is 0 Å². The Morgan fingerprint density at radius 2 is 1.64 bits per heavy atom. The minimum Gasteiger partial charge on any atom is -0.507 e. The highest BCUT2D eigenvalue weighted by Crippen LogP contribution is 2.47. The second kappa shape index (κ2) is 17.9. The maximum Gasteiger partial charge on any atom is 0.324 e. The van der Waals surface area contributed by atoms with E-state index in [9.17, 15) is 49.2 Å². The molecule has 5 aliphatic rings. The largest absolute Gasteiger partial charge is 0.507 e. The van der Waals surface area contributed by atoms with Gasteiger partial charge in [-0.15, -0.1) is 0 Å². The second-order valence-corrected chi connectivity index (χ2v) is 15.7. The Balaban J connectivity index is 0.000000196. The van der Waals surface area contributed by atoms with Crippen molar-refractivity contribution in [3.05, 3.63) is 51.6 Å². The zero-order chi connectivity index (χ0) is 42.0. The summed E-state index contributed by atoms with van der Waals surface area (Å²) >= 11 is 0. The number of urea groups is 1. The summed E-state index contributed by atoms with van der Waals surface area (Å²) in [6.07, 6.45) is 4.20. The number of imide groups is 1. The van der Waals surface area contributed by atoms with E-state index in [0.29, 0.717) is 31.4 Å². The molecule has 0 aromatic heterocycles. The molecular weight excluding hydrogens is 756 g/mol. The van der Waals surface area contributed by atoms with Crippen LogP contribution in [0.25, 0.3) is 0 Å². The number of aromatic hydroxyl groups is 2. The number of likely N-dealkylation sites (tertiary alicyclic amines) is 1. The summed E-state index contributed by atoms with van der Waals surface area (Å²) in [5, 5.41) is 55.8. The summed E-state index contributed by atoms with van der Waals surface area (Å²) in [5.41, 5.74) is 6.37. The number of hydrogen-bond acceptors (Lipinski definition) is 14. The van der Waals surface area contributed by atoms with E-state index in [0.717, 1.165) is 32.1 Å². The molecule has 7 rings (SSSR count). The molecule has 2 aromatic carbocycles. The third-order valence-corrected chi connectivity index (χ3v) is 12.2. The van der Waals surface area contributed by atoms with Crippen molar-refractivity contribution in [1.29, 1.82) is 0 Å². The van der Waals surface area contributed by atoms with Gasteiger partial charge in [0.05, 0.1) is 42.0 Å². The highest BCUT2D eigenvalue weighted by molar-refractivity contribution is 6.31. The Morgan fingerprint density at radius 1 is 0.948 bits per heavy atom. The van der Waals surface area contributed by atoms with Gasteiger partial charge in [0, 0.05) is 35.6 Å². The Bertz CT molecular complexity index is 1960. The standard InChI is InChI=1S/C21H18O7.C20H34N4O6/c1-28-14-4-2-3-11-15(14)21(27)17-16(19(11)25)20(26)12-7-9(13(23)8-22)5-6-10(12)18(17)24;1-11-17(26)13(10-15(25)30-11)22-18(27)14-8-5-9-24(14)20(29)23-19(28)16(21)12-6-3-2-4-7-12/h2-4,9,22,24,26H,5-8H2,1H3;11-17,25-26H,2-10,21H2,1H3,(H,22,27)(H,23,28,29). The van der Waals surface area contributed by atoms with Crippen LogP contribution in [-0.4, -0.2) is 123 Å². The maximum atomic E-state index is 13.1. The SMILES string of the molecule is CC1OC(O)CC(NC(=O)C2CCCN2C(=O)NC(=O)C(N)C2CCCCC2)C1O.COc1cccc2c1C(=O)c1c(O)c3c(c(O)c1C2=O)CC(C(=O)CO)CC3. The number of hydrogen-bond donors (Lipinski definition) is 8. The van der Waals surface area contributed by atoms with Crippen LogP contribution in [0.5, 0.6) is 17.2 Å². The van der Waals surface area contributed by atoms with Crippen LogP contribution < -0.4 is 21.1 Å². The van der Waals surface area contributed by atoms with E-state index in [1.165, 1.54) is 18.1 Å². The van der Waals surface area contributed by atoms with Crippen molar-refractivity contribution in [2.45, 2.75) is 114 Å². The number of carbonyl (C=O) groups is 6. The van der Waals surface area contributed by atoms with Crippen LogP contribution in [0, 0.1) is 11.8 Å². The molecule has 9 N–H and O–H groups in total. The van der Waals surface area contributed by atoms with Gasteiger partial charge in [0.25, 0.3) is 0 Å². The summed E-state index contributed by atoms with van der Waals surface area (Å²) in [4.78, 5) is 77.3. The molecule has 314 valence electrons. The van der Waals surface area contributed by atoms with Crippen LogP contribution in [0.1, 0.15) is 108 Å². The first kappa shape index (κ1) is 42.7. The third kappa shape index (κ3) is 8.31. The molecule has 2 aromatic rings. The Kier molecular flexibility index (Phi) is 13.2. The molecule has 0 radical (unpaired) electrons. The lowest BCUT2D eigenvalue weighted by Crippen LogP contribution is -2.59. The predicted octanol–water partition coefficient (Wildman–Crippen LogP) is 1.12. The number of aliphatic hydroxyl groups is 3. The molecular formula is C41H52N4O13. The third-order valence-electron chi connectivity index (χ3n) is 12.2. The normalized spacial score (nSPS) is 25.9. The van der Waals surface area contributed by atoms with Crippen molar-refractivity contribution < 1.29 is 63.8 Å². The van der Waals surface area contributed by atoms with E-state index in [1.54, 1.807) is 19.1 Å². The van der Waals surface area contributed by atoms with Crippen LogP contribution in [0.15, 0.2) is 18.2 Å². The lowest BCUT2D eigenvalue weighted by molar-refractivity contribution is -0.202. The molecule has 3 fully saturated rings. The number of Topliss-reactive ketones (excluding diaryl/α,β-unsaturated/α-hetero) is 1. The van der Waals surface area contributed by atoms with Crippen molar-refractivity contribution >= 4 is 35.2 Å². The zero-order valence-electron chi connectivity index (χ0n) is 32.6.